The number of hydrogen-bond acceptors (Lipinski definition) is 5. The summed E-state index contributed by atoms with van der Waals surface area (Å²) in [5.41, 5.74) is 1.25. The number of anilines is 2. The maximum Gasteiger partial charge on any atom is 0.305 e. The number of rotatable bonds is 4. The number of nitrogens with one attached hydrogen (secondary N) is 1. The smallest absolute Gasteiger partial charge is 0.305 e. The highest BCUT2D eigenvalue weighted by Gasteiger charge is 2.33. The minimum Gasteiger partial charge on any atom is -0.493 e. The molecule has 0 radical (unpaired) electrons. The molecule has 1 amide bonds. The van der Waals surface area contributed by atoms with Crippen molar-refractivity contribution < 1.29 is 24.2 Å². The molecule has 1 aromatic carbocycles. The van der Waals surface area contributed by atoms with E-state index in [4.69, 9.17) is 14.6 Å². The zero-order valence-electron chi connectivity index (χ0n) is 11.5. The third kappa shape index (κ3) is 2.34. The van der Waals surface area contributed by atoms with Crippen molar-refractivity contribution in [2.75, 3.05) is 31.5 Å². The van der Waals surface area contributed by atoms with Gasteiger partial charge in [0.15, 0.2) is 11.5 Å². The largest absolute Gasteiger partial charge is 0.493 e. The highest BCUT2D eigenvalue weighted by Crippen LogP contribution is 2.40. The maximum atomic E-state index is 12.0. The molecular formula is C13H16N2O5. The number of carbonyl (C=O) groups excluding carboxylic acids is 1. The summed E-state index contributed by atoms with van der Waals surface area (Å²) in [5, 5.41) is 11.6. The van der Waals surface area contributed by atoms with E-state index in [2.05, 4.69) is 5.32 Å². The van der Waals surface area contributed by atoms with Crippen molar-refractivity contribution >= 4 is 23.3 Å². The van der Waals surface area contributed by atoms with Gasteiger partial charge in [0.05, 0.1) is 32.0 Å². The summed E-state index contributed by atoms with van der Waals surface area (Å²) in [6, 6.07) is 2.61. The highest BCUT2D eigenvalue weighted by molar-refractivity contribution is 6.05. The molecule has 0 spiro atoms. The van der Waals surface area contributed by atoms with Crippen LogP contribution < -0.4 is 19.7 Å². The molecule has 7 heteroatoms. The average molecular weight is 280 g/mol. The topological polar surface area (TPSA) is 88.1 Å². The van der Waals surface area contributed by atoms with Gasteiger partial charge in [-0.2, -0.15) is 0 Å². The van der Waals surface area contributed by atoms with Crippen LogP contribution in [-0.4, -0.2) is 44.3 Å². The molecule has 0 saturated carbocycles. The number of benzene rings is 1. The molecule has 2 rings (SSSR count). The van der Waals surface area contributed by atoms with Gasteiger partial charge in [-0.15, -0.1) is 0 Å². The summed E-state index contributed by atoms with van der Waals surface area (Å²) < 4.78 is 10.4. The Balaban J connectivity index is 2.44. The van der Waals surface area contributed by atoms with Gasteiger partial charge in [-0.05, 0) is 0 Å². The Kier molecular flexibility index (Phi) is 3.69. The second-order valence-corrected chi connectivity index (χ2v) is 4.44. The lowest BCUT2D eigenvalue weighted by Crippen LogP contribution is -2.47. The standard InChI is InChI=1S/C13H16N2O5/c1-15-8-5-11(20-3)10(19-2)4-7(8)14-13(18)9(15)6-12(16)17/h4-5,9H,6H2,1-3H3,(H,14,18)(H,16,17). The van der Waals surface area contributed by atoms with Gasteiger partial charge in [-0.3, -0.25) is 9.59 Å². The van der Waals surface area contributed by atoms with E-state index in [1.165, 1.54) is 14.2 Å². The zero-order valence-corrected chi connectivity index (χ0v) is 11.5. The van der Waals surface area contributed by atoms with Crippen molar-refractivity contribution in [1.82, 2.24) is 0 Å². The van der Waals surface area contributed by atoms with Gasteiger partial charge in [0.25, 0.3) is 0 Å². The molecule has 1 heterocycles. The van der Waals surface area contributed by atoms with Crippen LogP contribution in [0.15, 0.2) is 12.1 Å². The van der Waals surface area contributed by atoms with Crippen molar-refractivity contribution in [2.24, 2.45) is 0 Å². The van der Waals surface area contributed by atoms with Crippen molar-refractivity contribution in [1.29, 1.82) is 0 Å². The number of ether oxygens (including phenoxy) is 2. The number of fused-ring (bicyclic) bond motifs is 1. The molecule has 108 valence electrons. The van der Waals surface area contributed by atoms with E-state index in [0.717, 1.165) is 0 Å². The molecule has 0 bridgehead atoms. The van der Waals surface area contributed by atoms with E-state index >= 15 is 0 Å². The lowest BCUT2D eigenvalue weighted by atomic mass is 10.1. The molecule has 1 aromatic rings. The van der Waals surface area contributed by atoms with Crippen LogP contribution in [-0.2, 0) is 9.59 Å². The van der Waals surface area contributed by atoms with Crippen molar-refractivity contribution in [3.05, 3.63) is 12.1 Å². The predicted octanol–water partition coefficient (Wildman–Crippen LogP) is 0.935. The number of likely N-dealkylation sites (N-methyl/N-ethyl adjacent to an activating group) is 1. The van der Waals surface area contributed by atoms with Gasteiger partial charge in [0.1, 0.15) is 6.04 Å². The monoisotopic (exact) mass is 280 g/mol. The van der Waals surface area contributed by atoms with Crippen LogP contribution >= 0.6 is 0 Å². The third-order valence-corrected chi connectivity index (χ3v) is 3.28. The summed E-state index contributed by atoms with van der Waals surface area (Å²) in [7, 11) is 4.70. The SMILES string of the molecule is COc1cc2c(cc1OC)N(C)C(CC(=O)O)C(=O)N2. The van der Waals surface area contributed by atoms with Crippen LogP contribution in [0, 0.1) is 0 Å². The number of amides is 1. The van der Waals surface area contributed by atoms with Crippen LogP contribution in [0.3, 0.4) is 0 Å². The normalized spacial score (nSPS) is 17.2. The number of methoxy groups -OCH3 is 2. The molecule has 2 N–H and O–H groups in total. The van der Waals surface area contributed by atoms with E-state index in [-0.39, 0.29) is 12.3 Å². The fourth-order valence-electron chi connectivity index (χ4n) is 2.22. The Hall–Kier alpha value is -2.44. The van der Waals surface area contributed by atoms with Crippen LogP contribution in [0.5, 0.6) is 11.5 Å². The molecule has 20 heavy (non-hydrogen) atoms. The van der Waals surface area contributed by atoms with Gasteiger partial charge in [-0.1, -0.05) is 0 Å². The van der Waals surface area contributed by atoms with Gasteiger partial charge in [0.2, 0.25) is 5.91 Å². The van der Waals surface area contributed by atoms with Gasteiger partial charge >= 0.3 is 5.97 Å². The molecule has 1 aliphatic heterocycles. The lowest BCUT2D eigenvalue weighted by Gasteiger charge is -2.34. The summed E-state index contributed by atoms with van der Waals surface area (Å²) >= 11 is 0. The summed E-state index contributed by atoms with van der Waals surface area (Å²) in [4.78, 5) is 24.4. The molecule has 0 aromatic heterocycles. The van der Waals surface area contributed by atoms with Crippen LogP contribution in [0.4, 0.5) is 11.4 Å². The van der Waals surface area contributed by atoms with Crippen molar-refractivity contribution in [3.63, 3.8) is 0 Å². The summed E-state index contributed by atoms with van der Waals surface area (Å²) in [6.45, 7) is 0. The number of aliphatic carboxylic acids is 1. The molecule has 1 unspecified atom stereocenters. The van der Waals surface area contributed by atoms with E-state index in [9.17, 15) is 9.59 Å². The Morgan fingerprint density at radius 3 is 2.50 bits per heavy atom. The minimum atomic E-state index is -1.03. The second kappa shape index (κ2) is 5.28. The van der Waals surface area contributed by atoms with Crippen LogP contribution in [0.1, 0.15) is 6.42 Å². The van der Waals surface area contributed by atoms with E-state index in [0.29, 0.717) is 22.9 Å². The van der Waals surface area contributed by atoms with E-state index in [1.54, 1.807) is 24.1 Å². The Labute approximate surface area is 116 Å². The first-order chi connectivity index (χ1) is 9.47. The van der Waals surface area contributed by atoms with Crippen molar-refractivity contribution in [3.8, 4) is 11.5 Å². The summed E-state index contributed by atoms with van der Waals surface area (Å²) in [5.74, 6) is -0.365. The Bertz CT molecular complexity index is 558. The Morgan fingerprint density at radius 2 is 1.95 bits per heavy atom. The molecule has 0 fully saturated rings. The number of carbonyl (C=O) groups is 2. The predicted molar refractivity (Wildman–Crippen MR) is 72.6 cm³/mol. The number of nitrogens with zero attached hydrogens (tertiary/aromatic N) is 1. The average Bonchev–Trinajstić information content (AvgIpc) is 2.42. The van der Waals surface area contributed by atoms with Crippen LogP contribution in [0.25, 0.3) is 0 Å². The number of carboxylic acid groups (broad SMARTS) is 1. The Morgan fingerprint density at radius 1 is 1.35 bits per heavy atom. The fourth-order valence-corrected chi connectivity index (χ4v) is 2.22. The summed E-state index contributed by atoms with van der Waals surface area (Å²) in [6.07, 6.45) is -0.268. The highest BCUT2D eigenvalue weighted by atomic mass is 16.5. The van der Waals surface area contributed by atoms with Crippen molar-refractivity contribution in [2.45, 2.75) is 12.5 Å². The minimum absolute atomic E-state index is 0.268. The van der Waals surface area contributed by atoms with Gasteiger partial charge in [0, 0.05) is 19.2 Å². The lowest BCUT2D eigenvalue weighted by molar-refractivity contribution is -0.138. The second-order valence-electron chi connectivity index (χ2n) is 4.44. The number of hydrogen-bond donors (Lipinski definition) is 2. The first-order valence-electron chi connectivity index (χ1n) is 5.99. The first-order valence-corrected chi connectivity index (χ1v) is 5.99. The maximum absolute atomic E-state index is 12.0. The van der Waals surface area contributed by atoms with E-state index in [1.807, 2.05) is 0 Å². The zero-order chi connectivity index (χ0) is 14.9. The third-order valence-electron chi connectivity index (χ3n) is 3.28. The number of carboxylic acids is 1. The fraction of sp³-hybridized carbons (Fsp3) is 0.385. The van der Waals surface area contributed by atoms with Gasteiger partial charge < -0.3 is 24.8 Å². The molecule has 0 saturated heterocycles. The van der Waals surface area contributed by atoms with Gasteiger partial charge in [-0.25, -0.2) is 0 Å². The first kappa shape index (κ1) is 14.0. The molecular weight excluding hydrogens is 264 g/mol. The molecule has 0 aliphatic carbocycles. The van der Waals surface area contributed by atoms with E-state index < -0.39 is 12.0 Å². The van der Waals surface area contributed by atoms with Crippen LogP contribution in [0.2, 0.25) is 0 Å². The quantitative estimate of drug-likeness (QED) is 0.853. The molecule has 1 atom stereocenters. The molecule has 7 nitrogen and oxygen atoms in total. The molecule has 1 aliphatic rings.